The molecule has 0 radical (unpaired) electrons. The van der Waals surface area contributed by atoms with Crippen molar-refractivity contribution < 1.29 is 0 Å². The molecule has 3 atom stereocenters. The Morgan fingerprint density at radius 1 is 1.05 bits per heavy atom. The Morgan fingerprint density at radius 3 is 2.40 bits per heavy atom. The third-order valence-electron chi connectivity index (χ3n) is 5.45. The van der Waals surface area contributed by atoms with E-state index in [9.17, 15) is 0 Å². The first-order valence-electron chi connectivity index (χ1n) is 8.81. The van der Waals surface area contributed by atoms with E-state index < -0.39 is 0 Å². The summed E-state index contributed by atoms with van der Waals surface area (Å²) in [6.07, 6.45) is 8.69. The Labute approximate surface area is 131 Å². The number of hydrogen-bond acceptors (Lipinski definition) is 2. The van der Waals surface area contributed by atoms with Crippen LogP contribution in [0.25, 0.3) is 0 Å². The van der Waals surface area contributed by atoms with Crippen LogP contribution < -0.4 is 5.32 Å². The summed E-state index contributed by atoms with van der Waals surface area (Å²) in [5.41, 5.74) is 0.505. The van der Waals surface area contributed by atoms with Crippen molar-refractivity contribution >= 4 is 11.8 Å². The second-order valence-electron chi connectivity index (χ2n) is 8.06. The fourth-order valence-corrected chi connectivity index (χ4v) is 4.48. The van der Waals surface area contributed by atoms with Crippen LogP contribution in [-0.2, 0) is 0 Å². The maximum atomic E-state index is 3.79. The van der Waals surface area contributed by atoms with Gasteiger partial charge in [-0.25, -0.2) is 0 Å². The number of nitrogens with one attached hydrogen (secondary N) is 1. The van der Waals surface area contributed by atoms with Gasteiger partial charge in [-0.2, -0.15) is 11.8 Å². The molecule has 0 aromatic heterocycles. The fraction of sp³-hybridized carbons (Fsp3) is 1.00. The van der Waals surface area contributed by atoms with Gasteiger partial charge in [-0.15, -0.1) is 0 Å². The van der Waals surface area contributed by atoms with Crippen LogP contribution in [0.1, 0.15) is 66.2 Å². The molecule has 118 valence electrons. The minimum Gasteiger partial charge on any atom is -0.314 e. The highest BCUT2D eigenvalue weighted by molar-refractivity contribution is 7.99. The van der Waals surface area contributed by atoms with Gasteiger partial charge in [0.25, 0.3) is 0 Å². The Kier molecular flexibility index (Phi) is 6.28. The zero-order valence-corrected chi connectivity index (χ0v) is 14.9. The minimum atomic E-state index is 0.505. The van der Waals surface area contributed by atoms with Crippen molar-refractivity contribution in [2.24, 2.45) is 23.2 Å². The van der Waals surface area contributed by atoms with Crippen LogP contribution in [0, 0.1) is 23.2 Å². The molecule has 0 bridgehead atoms. The van der Waals surface area contributed by atoms with Gasteiger partial charge in [0.1, 0.15) is 0 Å². The van der Waals surface area contributed by atoms with E-state index in [0.29, 0.717) is 5.41 Å². The Bertz CT molecular complexity index is 280. The average Bonchev–Trinajstić information content (AvgIpc) is 3.20. The highest BCUT2D eigenvalue weighted by Gasteiger charge is 2.36. The number of thioether (sulfide) groups is 1. The van der Waals surface area contributed by atoms with Crippen LogP contribution >= 0.6 is 11.8 Å². The van der Waals surface area contributed by atoms with Gasteiger partial charge in [-0.3, -0.25) is 0 Å². The largest absolute Gasteiger partial charge is 0.314 e. The topological polar surface area (TPSA) is 12.0 Å². The molecule has 0 heterocycles. The van der Waals surface area contributed by atoms with Crippen molar-refractivity contribution in [3.63, 3.8) is 0 Å². The van der Waals surface area contributed by atoms with E-state index in [4.69, 9.17) is 0 Å². The first-order chi connectivity index (χ1) is 9.50. The average molecular weight is 298 g/mol. The lowest BCUT2D eigenvalue weighted by Crippen LogP contribution is -2.37. The molecular weight excluding hydrogens is 262 g/mol. The quantitative estimate of drug-likeness (QED) is 0.667. The first-order valence-corrected chi connectivity index (χ1v) is 9.97. The molecule has 2 fully saturated rings. The van der Waals surface area contributed by atoms with Crippen LogP contribution in [0.15, 0.2) is 0 Å². The minimum absolute atomic E-state index is 0.505. The summed E-state index contributed by atoms with van der Waals surface area (Å²) in [5, 5.41) is 3.79. The normalized spacial score (nSPS) is 31.5. The van der Waals surface area contributed by atoms with Crippen LogP contribution in [0.2, 0.25) is 0 Å². The molecule has 2 rings (SSSR count). The van der Waals surface area contributed by atoms with Gasteiger partial charge in [-0.05, 0) is 79.7 Å². The van der Waals surface area contributed by atoms with Gasteiger partial charge in [0.2, 0.25) is 0 Å². The van der Waals surface area contributed by atoms with Crippen molar-refractivity contribution in [3.8, 4) is 0 Å². The van der Waals surface area contributed by atoms with Gasteiger partial charge in [0.15, 0.2) is 0 Å². The molecule has 0 aliphatic heterocycles. The van der Waals surface area contributed by atoms with Crippen LogP contribution in [0.4, 0.5) is 0 Å². The molecule has 2 saturated carbocycles. The third-order valence-corrected chi connectivity index (χ3v) is 6.38. The smallest absolute Gasteiger partial charge is 0.00683 e. The van der Waals surface area contributed by atoms with Crippen molar-refractivity contribution in [3.05, 3.63) is 0 Å². The van der Waals surface area contributed by atoms with Crippen molar-refractivity contribution in [2.45, 2.75) is 72.3 Å². The zero-order valence-electron chi connectivity index (χ0n) is 14.1. The van der Waals surface area contributed by atoms with E-state index in [1.165, 1.54) is 56.6 Å². The van der Waals surface area contributed by atoms with E-state index in [1.54, 1.807) is 0 Å². The summed E-state index contributed by atoms with van der Waals surface area (Å²) >= 11 is 2.13. The van der Waals surface area contributed by atoms with E-state index >= 15 is 0 Å². The predicted molar refractivity (Wildman–Crippen MR) is 92.4 cm³/mol. The summed E-state index contributed by atoms with van der Waals surface area (Å²) in [4.78, 5) is 0. The maximum Gasteiger partial charge on any atom is 0.00683 e. The molecule has 2 heteroatoms. The van der Waals surface area contributed by atoms with Crippen molar-refractivity contribution in [1.82, 2.24) is 5.32 Å². The summed E-state index contributed by atoms with van der Waals surface area (Å²) in [6.45, 7) is 10.9. The van der Waals surface area contributed by atoms with E-state index in [2.05, 4.69) is 44.8 Å². The lowest BCUT2D eigenvalue weighted by atomic mass is 9.65. The van der Waals surface area contributed by atoms with E-state index in [0.717, 1.165) is 23.8 Å². The molecule has 3 unspecified atom stereocenters. The Hall–Kier alpha value is 0.310. The van der Waals surface area contributed by atoms with Crippen LogP contribution in [0.3, 0.4) is 0 Å². The molecule has 2 aliphatic carbocycles. The number of rotatable bonds is 7. The Balaban J connectivity index is 1.84. The van der Waals surface area contributed by atoms with Crippen molar-refractivity contribution in [1.29, 1.82) is 0 Å². The monoisotopic (exact) mass is 297 g/mol. The summed E-state index contributed by atoms with van der Waals surface area (Å²) in [5.74, 6) is 5.51. The van der Waals surface area contributed by atoms with Gasteiger partial charge in [0, 0.05) is 6.04 Å². The molecule has 2 aliphatic rings. The molecule has 0 spiro atoms. The van der Waals surface area contributed by atoms with Crippen molar-refractivity contribution in [2.75, 3.05) is 18.1 Å². The molecule has 1 N–H and O–H groups in total. The number of hydrogen-bond donors (Lipinski definition) is 1. The summed E-state index contributed by atoms with van der Waals surface area (Å²) in [6, 6.07) is 0.876. The highest BCUT2D eigenvalue weighted by atomic mass is 32.2. The second-order valence-corrected chi connectivity index (χ2v) is 9.46. The summed E-state index contributed by atoms with van der Waals surface area (Å²) < 4.78 is 0. The molecule has 0 aromatic rings. The SMILES string of the molecule is CCSCCC1CC(C(C)(C)C)CCC1CNC1CC1. The lowest BCUT2D eigenvalue weighted by molar-refractivity contribution is 0.0955. The lowest BCUT2D eigenvalue weighted by Gasteiger charge is -2.42. The molecular formula is C18H35NS. The maximum absolute atomic E-state index is 3.79. The van der Waals surface area contributed by atoms with Crippen LogP contribution in [0.5, 0.6) is 0 Å². The van der Waals surface area contributed by atoms with Gasteiger partial charge < -0.3 is 5.32 Å². The second kappa shape index (κ2) is 7.54. The van der Waals surface area contributed by atoms with Gasteiger partial charge in [-0.1, -0.05) is 27.7 Å². The van der Waals surface area contributed by atoms with E-state index in [1.807, 2.05) is 0 Å². The fourth-order valence-electron chi connectivity index (χ4n) is 3.72. The standard InChI is InChI=1S/C18H35NS/c1-5-20-11-10-14-12-16(18(2,3)4)7-6-15(14)13-19-17-8-9-17/h14-17,19H,5-13H2,1-4H3. The van der Waals surface area contributed by atoms with Gasteiger partial charge in [0.05, 0.1) is 0 Å². The highest BCUT2D eigenvalue weighted by Crippen LogP contribution is 2.44. The van der Waals surface area contributed by atoms with E-state index in [-0.39, 0.29) is 0 Å². The molecule has 20 heavy (non-hydrogen) atoms. The Morgan fingerprint density at radius 2 is 1.80 bits per heavy atom. The third kappa shape index (κ3) is 5.26. The molecule has 0 amide bonds. The van der Waals surface area contributed by atoms with Gasteiger partial charge >= 0.3 is 0 Å². The first kappa shape index (κ1) is 16.7. The zero-order chi connectivity index (χ0) is 14.6. The summed E-state index contributed by atoms with van der Waals surface area (Å²) in [7, 11) is 0. The predicted octanol–water partition coefficient (Wildman–Crippen LogP) is 4.96. The van der Waals surface area contributed by atoms with Crippen LogP contribution in [-0.4, -0.2) is 24.1 Å². The molecule has 1 nitrogen and oxygen atoms in total. The molecule has 0 aromatic carbocycles. The molecule has 0 saturated heterocycles.